The van der Waals surface area contributed by atoms with Crippen molar-refractivity contribution >= 4 is 39.4 Å². The lowest BCUT2D eigenvalue weighted by atomic mass is 10.0. The molecule has 0 saturated carbocycles. The summed E-state index contributed by atoms with van der Waals surface area (Å²) < 4.78 is 7.72. The van der Waals surface area contributed by atoms with Crippen LogP contribution in [0.1, 0.15) is 23.2 Å². The largest absolute Gasteiger partial charge is 0.370 e. The number of nitrogens with two attached hydrogens (primary N) is 1. The number of para-hydroxylation sites is 1. The number of hydrogen-bond donors (Lipinski definition) is 1. The van der Waals surface area contributed by atoms with Crippen LogP contribution < -0.4 is 10.6 Å². The summed E-state index contributed by atoms with van der Waals surface area (Å²) in [4.78, 5) is 33.2. The van der Waals surface area contributed by atoms with Crippen LogP contribution in [0.25, 0.3) is 21.8 Å². The van der Waals surface area contributed by atoms with Gasteiger partial charge in [0.2, 0.25) is 11.8 Å². The Morgan fingerprint density at radius 3 is 2.64 bits per heavy atom. The number of carbonyl (C=O) groups excluding carboxylic acids is 2. The summed E-state index contributed by atoms with van der Waals surface area (Å²) in [5.74, 6) is 0.532. The van der Waals surface area contributed by atoms with Crippen LogP contribution in [0, 0.1) is 0 Å². The van der Waals surface area contributed by atoms with Crippen molar-refractivity contribution in [3.8, 4) is 0 Å². The van der Waals surface area contributed by atoms with E-state index in [-0.39, 0.29) is 18.6 Å². The average Bonchev–Trinajstić information content (AvgIpc) is 3.32. The van der Waals surface area contributed by atoms with Crippen LogP contribution in [-0.2, 0) is 16.1 Å². The van der Waals surface area contributed by atoms with Crippen LogP contribution in [0.2, 0.25) is 0 Å². The molecule has 2 amide bonds. The third kappa shape index (κ3) is 5.04. The molecule has 0 unspecified atom stereocenters. The number of rotatable bonds is 8. The van der Waals surface area contributed by atoms with Crippen molar-refractivity contribution in [1.29, 1.82) is 0 Å². The SMILES string of the molecule is CN(C(=O)COCCn1ccc2ccc(C(N)=O)cc21)C1CCN(c2ccc3ccccc3n2)CC1. The number of hydrogen-bond acceptors (Lipinski definition) is 5. The smallest absolute Gasteiger partial charge is 0.248 e. The van der Waals surface area contributed by atoms with E-state index >= 15 is 0 Å². The summed E-state index contributed by atoms with van der Waals surface area (Å²) >= 11 is 0. The molecule has 1 fully saturated rings. The van der Waals surface area contributed by atoms with E-state index in [0.717, 1.165) is 53.6 Å². The number of ether oxygens (including phenoxy) is 1. The van der Waals surface area contributed by atoms with Crippen LogP contribution in [-0.4, -0.2) is 65.7 Å². The van der Waals surface area contributed by atoms with Crippen molar-refractivity contribution in [3.05, 3.63) is 72.4 Å². The number of piperidine rings is 1. The molecule has 0 bridgehead atoms. The van der Waals surface area contributed by atoms with E-state index < -0.39 is 5.91 Å². The van der Waals surface area contributed by atoms with Gasteiger partial charge in [-0.15, -0.1) is 0 Å². The van der Waals surface area contributed by atoms with Gasteiger partial charge in [0.25, 0.3) is 0 Å². The summed E-state index contributed by atoms with van der Waals surface area (Å²) in [6.45, 7) is 2.76. The molecule has 8 heteroatoms. The minimum atomic E-state index is -0.450. The fraction of sp³-hybridized carbons (Fsp3) is 0.321. The molecular formula is C28H31N5O3. The molecule has 4 aromatic rings. The molecule has 2 aromatic heterocycles. The first-order valence-electron chi connectivity index (χ1n) is 12.3. The maximum atomic E-state index is 12.8. The van der Waals surface area contributed by atoms with Gasteiger partial charge in [-0.25, -0.2) is 4.98 Å². The first-order valence-corrected chi connectivity index (χ1v) is 12.3. The Kier molecular flexibility index (Phi) is 6.86. The lowest BCUT2D eigenvalue weighted by Gasteiger charge is -2.37. The topological polar surface area (TPSA) is 93.7 Å². The summed E-state index contributed by atoms with van der Waals surface area (Å²) in [7, 11) is 1.87. The normalized spacial score (nSPS) is 14.4. The fourth-order valence-electron chi connectivity index (χ4n) is 4.87. The molecule has 2 N–H and O–H groups in total. The second-order valence-corrected chi connectivity index (χ2v) is 9.28. The number of anilines is 1. The van der Waals surface area contributed by atoms with Crippen molar-refractivity contribution in [2.75, 3.05) is 38.3 Å². The van der Waals surface area contributed by atoms with Crippen molar-refractivity contribution in [2.45, 2.75) is 25.4 Å². The van der Waals surface area contributed by atoms with Gasteiger partial charge in [-0.2, -0.15) is 0 Å². The third-order valence-corrected chi connectivity index (χ3v) is 7.07. The number of fused-ring (bicyclic) bond motifs is 2. The Labute approximate surface area is 210 Å². The monoisotopic (exact) mass is 485 g/mol. The van der Waals surface area contributed by atoms with Crippen LogP contribution in [0.5, 0.6) is 0 Å². The van der Waals surface area contributed by atoms with E-state index in [0.29, 0.717) is 18.7 Å². The molecular weight excluding hydrogens is 454 g/mol. The van der Waals surface area contributed by atoms with Gasteiger partial charge in [0.1, 0.15) is 12.4 Å². The number of benzene rings is 2. The lowest BCUT2D eigenvalue weighted by Crippen LogP contribution is -2.46. The highest BCUT2D eigenvalue weighted by Gasteiger charge is 2.26. The quantitative estimate of drug-likeness (QED) is 0.386. The van der Waals surface area contributed by atoms with E-state index in [2.05, 4.69) is 23.1 Å². The first-order chi connectivity index (χ1) is 17.5. The highest BCUT2D eigenvalue weighted by atomic mass is 16.5. The third-order valence-electron chi connectivity index (χ3n) is 7.07. The van der Waals surface area contributed by atoms with Crippen molar-refractivity contribution in [3.63, 3.8) is 0 Å². The Hall–Kier alpha value is -3.91. The molecule has 1 aliphatic rings. The van der Waals surface area contributed by atoms with E-state index in [9.17, 15) is 9.59 Å². The minimum absolute atomic E-state index is 0.00865. The van der Waals surface area contributed by atoms with Crippen LogP contribution in [0.4, 0.5) is 5.82 Å². The Morgan fingerprint density at radius 2 is 1.83 bits per heavy atom. The second-order valence-electron chi connectivity index (χ2n) is 9.28. The zero-order valence-corrected chi connectivity index (χ0v) is 20.5. The van der Waals surface area contributed by atoms with Gasteiger partial charge in [0.05, 0.1) is 12.1 Å². The number of primary amides is 1. The van der Waals surface area contributed by atoms with Gasteiger partial charge in [-0.1, -0.05) is 24.3 Å². The zero-order valence-electron chi connectivity index (χ0n) is 20.5. The molecule has 0 atom stereocenters. The maximum Gasteiger partial charge on any atom is 0.248 e. The molecule has 0 spiro atoms. The Balaban J connectivity index is 1.09. The molecule has 0 aliphatic carbocycles. The van der Waals surface area contributed by atoms with Crippen LogP contribution in [0.15, 0.2) is 66.9 Å². The van der Waals surface area contributed by atoms with E-state index in [4.69, 9.17) is 15.5 Å². The number of amides is 2. The van der Waals surface area contributed by atoms with Crippen LogP contribution in [0.3, 0.4) is 0 Å². The molecule has 0 radical (unpaired) electrons. The molecule has 1 aliphatic heterocycles. The second kappa shape index (κ2) is 10.4. The highest BCUT2D eigenvalue weighted by Crippen LogP contribution is 2.23. The van der Waals surface area contributed by atoms with E-state index in [1.54, 1.807) is 12.1 Å². The Morgan fingerprint density at radius 1 is 1.06 bits per heavy atom. The summed E-state index contributed by atoms with van der Waals surface area (Å²) in [6.07, 6.45) is 3.74. The number of likely N-dealkylation sites (N-methyl/N-ethyl adjacent to an activating group) is 1. The minimum Gasteiger partial charge on any atom is -0.370 e. The van der Waals surface area contributed by atoms with E-state index in [1.165, 1.54) is 0 Å². The number of nitrogens with zero attached hydrogens (tertiary/aromatic N) is 4. The van der Waals surface area contributed by atoms with Gasteiger partial charge >= 0.3 is 0 Å². The van der Waals surface area contributed by atoms with Gasteiger partial charge in [0.15, 0.2) is 0 Å². The van der Waals surface area contributed by atoms with Gasteiger partial charge < -0.3 is 24.8 Å². The van der Waals surface area contributed by atoms with E-state index in [1.807, 2.05) is 53.0 Å². The standard InChI is InChI=1S/C28H31N5O3/c1-31(23-11-14-33(15-12-23)26-9-8-20-4-2-3-5-24(20)30-26)27(34)19-36-17-16-32-13-10-21-6-7-22(28(29)35)18-25(21)32/h2-10,13,18,23H,11-12,14-17,19H2,1H3,(H2,29,35). The van der Waals surface area contributed by atoms with Gasteiger partial charge in [-0.3, -0.25) is 9.59 Å². The predicted octanol–water partition coefficient (Wildman–Crippen LogP) is 3.43. The summed E-state index contributed by atoms with van der Waals surface area (Å²) in [5.41, 5.74) is 7.80. The maximum absolute atomic E-state index is 12.8. The lowest BCUT2D eigenvalue weighted by molar-refractivity contribution is -0.137. The molecule has 8 nitrogen and oxygen atoms in total. The molecule has 2 aromatic carbocycles. The van der Waals surface area contributed by atoms with Crippen molar-refractivity contribution in [2.24, 2.45) is 5.73 Å². The first kappa shape index (κ1) is 23.8. The average molecular weight is 486 g/mol. The predicted molar refractivity (Wildman–Crippen MR) is 141 cm³/mol. The van der Waals surface area contributed by atoms with Crippen LogP contribution >= 0.6 is 0 Å². The number of carbonyl (C=O) groups is 2. The molecule has 36 heavy (non-hydrogen) atoms. The molecule has 186 valence electrons. The van der Waals surface area contributed by atoms with Crippen molar-refractivity contribution in [1.82, 2.24) is 14.5 Å². The molecule has 1 saturated heterocycles. The van der Waals surface area contributed by atoms with Crippen molar-refractivity contribution < 1.29 is 14.3 Å². The number of aromatic nitrogens is 2. The van der Waals surface area contributed by atoms with Gasteiger partial charge in [-0.05, 0) is 54.6 Å². The molecule has 3 heterocycles. The summed E-state index contributed by atoms with van der Waals surface area (Å²) in [6, 6.07) is 19.9. The van der Waals surface area contributed by atoms with Gasteiger partial charge in [0, 0.05) is 55.4 Å². The summed E-state index contributed by atoms with van der Waals surface area (Å²) in [5, 5.41) is 2.17. The molecule has 5 rings (SSSR count). The highest BCUT2D eigenvalue weighted by molar-refractivity contribution is 5.97. The zero-order chi connectivity index (χ0) is 25.1. The fourth-order valence-corrected chi connectivity index (χ4v) is 4.87. The Bertz CT molecular complexity index is 1390. The number of pyridine rings is 1.